The van der Waals surface area contributed by atoms with Crippen molar-refractivity contribution in [3.8, 4) is 5.75 Å². The molecule has 25 heavy (non-hydrogen) atoms. The Labute approximate surface area is 148 Å². The zero-order valence-electron chi connectivity index (χ0n) is 15.1. The van der Waals surface area contributed by atoms with E-state index in [9.17, 15) is 4.79 Å². The van der Waals surface area contributed by atoms with E-state index < -0.39 is 6.09 Å². The van der Waals surface area contributed by atoms with Crippen molar-refractivity contribution in [1.29, 1.82) is 0 Å². The predicted octanol–water partition coefficient (Wildman–Crippen LogP) is 3.41. The lowest BCUT2D eigenvalue weighted by Crippen LogP contribution is -2.37. The van der Waals surface area contributed by atoms with Crippen LogP contribution in [0.25, 0.3) is 5.70 Å². The number of nitrogens with one attached hydrogen (secondary N) is 2. The topological polar surface area (TPSA) is 62.8 Å². The molecule has 1 aliphatic heterocycles. The minimum absolute atomic E-state index is 0.327. The fourth-order valence-electron chi connectivity index (χ4n) is 2.23. The molecule has 1 aliphatic rings. The highest BCUT2D eigenvalue weighted by molar-refractivity contribution is 5.74. The fourth-order valence-corrected chi connectivity index (χ4v) is 2.23. The van der Waals surface area contributed by atoms with E-state index in [-0.39, 0.29) is 0 Å². The van der Waals surface area contributed by atoms with Gasteiger partial charge in [-0.25, -0.2) is 4.79 Å². The van der Waals surface area contributed by atoms with Gasteiger partial charge in [0.15, 0.2) is 0 Å². The Balaban J connectivity index is 2.23. The maximum atomic E-state index is 11.7. The lowest BCUT2D eigenvalue weighted by atomic mass is 10.1. The highest BCUT2D eigenvalue weighted by Gasteiger charge is 2.14. The molecule has 0 atom stereocenters. The van der Waals surface area contributed by atoms with Gasteiger partial charge in [-0.05, 0) is 56.7 Å². The Morgan fingerprint density at radius 2 is 2.00 bits per heavy atom. The number of benzene rings is 1. The number of rotatable bonds is 6. The molecule has 2 rings (SSSR count). The summed E-state index contributed by atoms with van der Waals surface area (Å²) in [6, 6.07) is 7.72. The molecule has 0 bridgehead atoms. The summed E-state index contributed by atoms with van der Waals surface area (Å²) in [5.41, 5.74) is 7.07. The van der Waals surface area contributed by atoms with E-state index in [2.05, 4.69) is 16.8 Å². The zero-order chi connectivity index (χ0) is 18.2. The van der Waals surface area contributed by atoms with Crippen LogP contribution in [0.3, 0.4) is 0 Å². The second kappa shape index (κ2) is 8.82. The summed E-state index contributed by atoms with van der Waals surface area (Å²) in [5, 5.41) is 4.67. The van der Waals surface area contributed by atoms with Gasteiger partial charge in [-0.1, -0.05) is 11.6 Å². The minimum atomic E-state index is -0.469. The van der Waals surface area contributed by atoms with Gasteiger partial charge in [-0.2, -0.15) is 0 Å². The Kier molecular flexibility index (Phi) is 6.51. The smallest absolute Gasteiger partial charge is 0.411 e. The second-order valence-electron chi connectivity index (χ2n) is 5.76. The van der Waals surface area contributed by atoms with Crippen LogP contribution in [-0.2, 0) is 4.74 Å². The van der Waals surface area contributed by atoms with Crippen molar-refractivity contribution >= 4 is 11.8 Å². The SMILES string of the molecule is CCOC(=O)NC1=CN(CC=C(C)C)NC(c2ccc(OC)cc2)=C1. The van der Waals surface area contributed by atoms with Gasteiger partial charge < -0.3 is 9.47 Å². The summed E-state index contributed by atoms with van der Waals surface area (Å²) in [7, 11) is 1.64. The summed E-state index contributed by atoms with van der Waals surface area (Å²) < 4.78 is 10.2. The van der Waals surface area contributed by atoms with Crippen LogP contribution in [0, 0.1) is 0 Å². The lowest BCUT2D eigenvalue weighted by molar-refractivity contribution is 0.155. The molecule has 6 heteroatoms. The van der Waals surface area contributed by atoms with Gasteiger partial charge in [0, 0.05) is 6.20 Å². The molecule has 0 unspecified atom stereocenters. The first-order chi connectivity index (χ1) is 12.0. The first kappa shape index (κ1) is 18.4. The molecule has 0 aliphatic carbocycles. The van der Waals surface area contributed by atoms with Crippen LogP contribution in [-0.4, -0.2) is 31.4 Å². The standard InChI is InChI=1S/C19H25N3O3/c1-5-25-19(23)20-16-12-18(15-6-8-17(24-4)9-7-15)21-22(13-16)11-10-14(2)3/h6-10,12-13,21H,5,11H2,1-4H3,(H,20,23). The largest absolute Gasteiger partial charge is 0.497 e. The fraction of sp³-hybridized carbons (Fsp3) is 0.316. The van der Waals surface area contributed by atoms with Crippen LogP contribution in [0.15, 0.2) is 53.9 Å². The Bertz CT molecular complexity index is 686. The second-order valence-corrected chi connectivity index (χ2v) is 5.76. The van der Waals surface area contributed by atoms with Gasteiger partial charge in [-0.15, -0.1) is 0 Å². The molecule has 0 fully saturated rings. The number of nitrogens with zero attached hydrogens (tertiary/aromatic N) is 1. The van der Waals surface area contributed by atoms with Crippen LogP contribution < -0.4 is 15.5 Å². The number of allylic oxidation sites excluding steroid dienone is 2. The van der Waals surface area contributed by atoms with E-state index in [1.165, 1.54) is 5.57 Å². The van der Waals surface area contributed by atoms with Gasteiger partial charge in [0.05, 0.1) is 31.7 Å². The Hall–Kier alpha value is -2.89. The lowest BCUT2D eigenvalue weighted by Gasteiger charge is -2.28. The van der Waals surface area contributed by atoms with Crippen molar-refractivity contribution in [3.05, 3.63) is 59.5 Å². The normalized spacial score (nSPS) is 13.2. The number of alkyl carbamates (subject to hydrolysis) is 1. The molecule has 1 aromatic carbocycles. The Morgan fingerprint density at radius 3 is 2.60 bits per heavy atom. The summed E-state index contributed by atoms with van der Waals surface area (Å²) in [6.07, 6.45) is 5.34. The number of hydrogen-bond acceptors (Lipinski definition) is 5. The Morgan fingerprint density at radius 1 is 1.28 bits per heavy atom. The monoisotopic (exact) mass is 343 g/mol. The predicted molar refractivity (Wildman–Crippen MR) is 98.5 cm³/mol. The summed E-state index contributed by atoms with van der Waals surface area (Å²) in [4.78, 5) is 11.7. The molecule has 0 saturated carbocycles. The average molecular weight is 343 g/mol. The molecule has 134 valence electrons. The number of hydrazine groups is 1. The third-order valence-corrected chi connectivity index (χ3v) is 3.48. The molecule has 0 saturated heterocycles. The number of methoxy groups -OCH3 is 1. The molecule has 0 spiro atoms. The van der Waals surface area contributed by atoms with E-state index >= 15 is 0 Å². The highest BCUT2D eigenvalue weighted by atomic mass is 16.5. The van der Waals surface area contributed by atoms with E-state index in [0.29, 0.717) is 18.8 Å². The zero-order valence-corrected chi connectivity index (χ0v) is 15.1. The molecular weight excluding hydrogens is 318 g/mol. The third kappa shape index (κ3) is 5.60. The number of ether oxygens (including phenoxy) is 2. The van der Waals surface area contributed by atoms with E-state index in [0.717, 1.165) is 17.0 Å². The van der Waals surface area contributed by atoms with Crippen molar-refractivity contribution in [3.63, 3.8) is 0 Å². The first-order valence-electron chi connectivity index (χ1n) is 8.20. The van der Waals surface area contributed by atoms with Crippen LogP contribution in [0.5, 0.6) is 5.75 Å². The van der Waals surface area contributed by atoms with Gasteiger partial charge in [0.25, 0.3) is 0 Å². The summed E-state index contributed by atoms with van der Waals surface area (Å²) in [5.74, 6) is 0.793. The third-order valence-electron chi connectivity index (χ3n) is 3.48. The van der Waals surface area contributed by atoms with Crippen LogP contribution in [0.4, 0.5) is 4.79 Å². The van der Waals surface area contributed by atoms with Crippen LogP contribution in [0.1, 0.15) is 26.3 Å². The van der Waals surface area contributed by atoms with Gasteiger partial charge in [0.2, 0.25) is 0 Å². The first-order valence-corrected chi connectivity index (χ1v) is 8.20. The van der Waals surface area contributed by atoms with E-state index in [1.807, 2.05) is 55.4 Å². The number of amides is 1. The molecule has 2 N–H and O–H groups in total. The van der Waals surface area contributed by atoms with Crippen molar-refractivity contribution in [1.82, 2.24) is 15.8 Å². The maximum absolute atomic E-state index is 11.7. The summed E-state index contributed by atoms with van der Waals surface area (Å²) in [6.45, 7) is 6.87. The highest BCUT2D eigenvalue weighted by Crippen LogP contribution is 2.21. The van der Waals surface area contributed by atoms with Crippen molar-refractivity contribution in [2.24, 2.45) is 0 Å². The van der Waals surface area contributed by atoms with Crippen molar-refractivity contribution < 1.29 is 14.3 Å². The van der Waals surface area contributed by atoms with Gasteiger partial charge >= 0.3 is 6.09 Å². The van der Waals surface area contributed by atoms with Crippen molar-refractivity contribution in [2.45, 2.75) is 20.8 Å². The van der Waals surface area contributed by atoms with Crippen molar-refractivity contribution in [2.75, 3.05) is 20.3 Å². The molecule has 1 aromatic rings. The summed E-state index contributed by atoms with van der Waals surface area (Å²) >= 11 is 0. The molecule has 1 heterocycles. The quantitative estimate of drug-likeness (QED) is 0.775. The molecule has 0 radical (unpaired) electrons. The average Bonchev–Trinajstić information content (AvgIpc) is 2.60. The molecule has 6 nitrogen and oxygen atoms in total. The number of hydrogen-bond donors (Lipinski definition) is 2. The van der Waals surface area contributed by atoms with Gasteiger partial charge in [-0.3, -0.25) is 15.8 Å². The number of carbonyl (C=O) groups is 1. The van der Waals surface area contributed by atoms with Crippen LogP contribution in [0.2, 0.25) is 0 Å². The molecular formula is C19H25N3O3. The number of carbonyl (C=O) groups excluding carboxylic acids is 1. The van der Waals surface area contributed by atoms with E-state index in [4.69, 9.17) is 9.47 Å². The molecule has 1 amide bonds. The van der Waals surface area contributed by atoms with Crippen LogP contribution >= 0.6 is 0 Å². The van der Waals surface area contributed by atoms with E-state index in [1.54, 1.807) is 14.0 Å². The van der Waals surface area contributed by atoms with Gasteiger partial charge in [0.1, 0.15) is 5.75 Å². The molecule has 0 aromatic heterocycles. The minimum Gasteiger partial charge on any atom is -0.497 e. The maximum Gasteiger partial charge on any atom is 0.411 e.